The van der Waals surface area contributed by atoms with Crippen molar-refractivity contribution in [3.63, 3.8) is 0 Å². The summed E-state index contributed by atoms with van der Waals surface area (Å²) < 4.78 is 23.4. The Labute approximate surface area is 104 Å². The standard InChI is InChI=1S/C10H15N2O5P/c1-11-7-8(9(13)12(2)10(11)14)5-6-18(15,16-3)17-4/h5-7H,1-4H3/b6-5+. The van der Waals surface area contributed by atoms with Crippen LogP contribution in [0.3, 0.4) is 0 Å². The molecule has 0 aliphatic heterocycles. The lowest BCUT2D eigenvalue weighted by Crippen LogP contribution is -2.37. The summed E-state index contributed by atoms with van der Waals surface area (Å²) >= 11 is 0. The molecule has 0 atom stereocenters. The van der Waals surface area contributed by atoms with Gasteiger partial charge >= 0.3 is 13.3 Å². The number of aromatic nitrogens is 2. The molecular formula is C10H15N2O5P. The molecule has 1 aromatic rings. The zero-order valence-electron chi connectivity index (χ0n) is 10.6. The molecule has 0 aliphatic rings. The van der Waals surface area contributed by atoms with E-state index in [9.17, 15) is 14.2 Å². The first kappa shape index (κ1) is 14.6. The first-order valence-electron chi connectivity index (χ1n) is 5.01. The Bertz CT molecular complexity index is 620. The predicted octanol–water partition coefficient (Wildman–Crippen LogP) is 0.541. The summed E-state index contributed by atoms with van der Waals surface area (Å²) in [6, 6.07) is 0. The van der Waals surface area contributed by atoms with Crippen LogP contribution in [0, 0.1) is 0 Å². The van der Waals surface area contributed by atoms with Crippen LogP contribution in [0.2, 0.25) is 0 Å². The van der Waals surface area contributed by atoms with Gasteiger partial charge in [-0.15, -0.1) is 0 Å². The lowest BCUT2D eigenvalue weighted by Gasteiger charge is -2.08. The highest BCUT2D eigenvalue weighted by Gasteiger charge is 2.16. The Hall–Kier alpha value is -1.43. The first-order valence-corrected chi connectivity index (χ1v) is 6.63. The molecule has 0 aromatic carbocycles. The highest BCUT2D eigenvalue weighted by atomic mass is 31.2. The molecular weight excluding hydrogens is 259 g/mol. The Morgan fingerprint density at radius 1 is 1.22 bits per heavy atom. The van der Waals surface area contributed by atoms with E-state index in [0.29, 0.717) is 0 Å². The predicted molar refractivity (Wildman–Crippen MR) is 67.6 cm³/mol. The molecule has 8 heteroatoms. The molecule has 0 saturated heterocycles. The van der Waals surface area contributed by atoms with Gasteiger partial charge in [-0.05, 0) is 6.08 Å². The van der Waals surface area contributed by atoms with Crippen LogP contribution in [-0.2, 0) is 27.7 Å². The van der Waals surface area contributed by atoms with Crippen molar-refractivity contribution in [2.45, 2.75) is 0 Å². The molecule has 0 bridgehead atoms. The first-order chi connectivity index (χ1) is 8.34. The second kappa shape index (κ2) is 5.48. The Morgan fingerprint density at radius 2 is 1.78 bits per heavy atom. The molecule has 0 N–H and O–H groups in total. The normalized spacial score (nSPS) is 12.2. The van der Waals surface area contributed by atoms with Crippen LogP contribution in [0.15, 0.2) is 21.6 Å². The molecule has 0 fully saturated rings. The maximum atomic E-state index is 11.8. The maximum absolute atomic E-state index is 11.8. The quantitative estimate of drug-likeness (QED) is 0.749. The van der Waals surface area contributed by atoms with Crippen LogP contribution in [-0.4, -0.2) is 23.4 Å². The topological polar surface area (TPSA) is 79.5 Å². The molecule has 0 unspecified atom stereocenters. The average molecular weight is 274 g/mol. The van der Waals surface area contributed by atoms with E-state index in [2.05, 4.69) is 0 Å². The van der Waals surface area contributed by atoms with Crippen LogP contribution in [0.1, 0.15) is 5.56 Å². The van der Waals surface area contributed by atoms with Crippen molar-refractivity contribution in [3.05, 3.63) is 38.4 Å². The van der Waals surface area contributed by atoms with Crippen molar-refractivity contribution in [1.82, 2.24) is 9.13 Å². The fraction of sp³-hybridized carbons (Fsp3) is 0.400. The van der Waals surface area contributed by atoms with Gasteiger partial charge in [-0.2, -0.15) is 0 Å². The summed E-state index contributed by atoms with van der Waals surface area (Å²) in [5.41, 5.74) is -0.694. The highest BCUT2D eigenvalue weighted by molar-refractivity contribution is 7.57. The van der Waals surface area contributed by atoms with Gasteiger partial charge in [0.15, 0.2) is 0 Å². The van der Waals surface area contributed by atoms with Crippen LogP contribution in [0.4, 0.5) is 0 Å². The molecule has 18 heavy (non-hydrogen) atoms. The van der Waals surface area contributed by atoms with Gasteiger partial charge in [0.2, 0.25) is 0 Å². The fourth-order valence-corrected chi connectivity index (χ4v) is 2.05. The zero-order chi connectivity index (χ0) is 13.9. The van der Waals surface area contributed by atoms with Crippen molar-refractivity contribution in [3.8, 4) is 0 Å². The van der Waals surface area contributed by atoms with Gasteiger partial charge in [-0.25, -0.2) is 4.79 Å². The summed E-state index contributed by atoms with van der Waals surface area (Å²) in [6.07, 6.45) is 2.67. The molecule has 7 nitrogen and oxygen atoms in total. The summed E-state index contributed by atoms with van der Waals surface area (Å²) in [6.45, 7) is 0. The molecule has 100 valence electrons. The summed E-state index contributed by atoms with van der Waals surface area (Å²) in [5, 5.41) is 0. The van der Waals surface area contributed by atoms with Gasteiger partial charge in [0.1, 0.15) is 0 Å². The molecule has 0 amide bonds. The minimum Gasteiger partial charge on any atom is -0.309 e. The highest BCUT2D eigenvalue weighted by Crippen LogP contribution is 2.48. The van der Waals surface area contributed by atoms with E-state index < -0.39 is 18.8 Å². The third kappa shape index (κ3) is 2.87. The smallest absolute Gasteiger partial charge is 0.309 e. The Morgan fingerprint density at radius 3 is 2.28 bits per heavy atom. The van der Waals surface area contributed by atoms with Crippen molar-refractivity contribution in [2.75, 3.05) is 14.2 Å². The van der Waals surface area contributed by atoms with Gasteiger partial charge in [-0.1, -0.05) is 0 Å². The molecule has 0 radical (unpaired) electrons. The summed E-state index contributed by atoms with van der Waals surface area (Å²) in [4.78, 5) is 23.2. The van der Waals surface area contributed by atoms with E-state index in [-0.39, 0.29) is 5.56 Å². The van der Waals surface area contributed by atoms with Gasteiger partial charge < -0.3 is 13.6 Å². The van der Waals surface area contributed by atoms with Gasteiger partial charge in [-0.3, -0.25) is 13.9 Å². The lowest BCUT2D eigenvalue weighted by molar-refractivity contribution is 0.286. The van der Waals surface area contributed by atoms with Crippen LogP contribution < -0.4 is 11.2 Å². The Balaban J connectivity index is 3.30. The van der Waals surface area contributed by atoms with E-state index >= 15 is 0 Å². The van der Waals surface area contributed by atoms with Crippen molar-refractivity contribution in [1.29, 1.82) is 0 Å². The van der Waals surface area contributed by atoms with E-state index in [1.54, 1.807) is 0 Å². The third-order valence-corrected chi connectivity index (χ3v) is 3.95. The Kier molecular flexibility index (Phi) is 4.45. The largest absolute Gasteiger partial charge is 0.353 e. The molecule has 1 heterocycles. The number of hydrogen-bond acceptors (Lipinski definition) is 5. The van der Waals surface area contributed by atoms with Crippen LogP contribution >= 0.6 is 7.60 Å². The van der Waals surface area contributed by atoms with Crippen LogP contribution in [0.25, 0.3) is 6.08 Å². The van der Waals surface area contributed by atoms with Crippen LogP contribution in [0.5, 0.6) is 0 Å². The monoisotopic (exact) mass is 274 g/mol. The molecule has 1 rings (SSSR count). The fourth-order valence-electron chi connectivity index (χ4n) is 1.32. The molecule has 1 aromatic heterocycles. The van der Waals surface area contributed by atoms with E-state index in [4.69, 9.17) is 9.05 Å². The minimum atomic E-state index is -3.32. The average Bonchev–Trinajstić information content (AvgIpc) is 2.38. The maximum Gasteiger partial charge on any atom is 0.353 e. The van der Waals surface area contributed by atoms with Gasteiger partial charge in [0, 0.05) is 40.3 Å². The van der Waals surface area contributed by atoms with E-state index in [0.717, 1.165) is 4.57 Å². The summed E-state index contributed by atoms with van der Waals surface area (Å²) in [5.74, 6) is 1.17. The van der Waals surface area contributed by atoms with E-state index in [1.807, 2.05) is 0 Å². The second-order valence-corrected chi connectivity index (χ2v) is 5.67. The van der Waals surface area contributed by atoms with Gasteiger partial charge in [0.25, 0.3) is 5.56 Å². The SMILES string of the molecule is COP(=O)(/C=C/c1cn(C)c(=O)n(C)c1=O)OC. The second-order valence-electron chi connectivity index (χ2n) is 3.56. The number of nitrogens with zero attached hydrogens (tertiary/aromatic N) is 2. The number of hydrogen-bond donors (Lipinski definition) is 0. The van der Waals surface area contributed by atoms with Crippen molar-refractivity contribution < 1.29 is 13.6 Å². The molecule has 0 saturated carbocycles. The zero-order valence-corrected chi connectivity index (χ0v) is 11.5. The summed E-state index contributed by atoms with van der Waals surface area (Å²) in [7, 11) is 2.05. The minimum absolute atomic E-state index is 0.217. The lowest BCUT2D eigenvalue weighted by atomic mass is 10.3. The number of rotatable bonds is 4. The van der Waals surface area contributed by atoms with Crippen molar-refractivity contribution in [2.24, 2.45) is 14.1 Å². The van der Waals surface area contributed by atoms with Crippen molar-refractivity contribution >= 4 is 13.7 Å². The number of aryl methyl sites for hydroxylation is 1. The third-order valence-electron chi connectivity index (χ3n) is 2.42. The van der Waals surface area contributed by atoms with E-state index in [1.165, 1.54) is 51.0 Å². The van der Waals surface area contributed by atoms with Gasteiger partial charge in [0.05, 0.1) is 5.56 Å². The molecule has 0 spiro atoms. The molecule has 0 aliphatic carbocycles.